The second-order valence-corrected chi connectivity index (χ2v) is 2.89. The van der Waals surface area contributed by atoms with Gasteiger partial charge in [0, 0.05) is 4.11 Å². The number of ether oxygens (including phenoxy) is 1. The molecule has 1 aromatic carbocycles. The van der Waals surface area contributed by atoms with Crippen molar-refractivity contribution < 1.29 is 13.6 Å². The molecule has 0 aliphatic heterocycles. The smallest absolute Gasteiger partial charge is 0.309 e. The van der Waals surface area contributed by atoms with Crippen LogP contribution in [0.25, 0.3) is 0 Å². The summed E-state index contributed by atoms with van der Waals surface area (Å²) < 4.78 is 27.8. The molecule has 1 aromatic rings. The van der Waals surface area contributed by atoms with Crippen LogP contribution in [0.3, 0.4) is 0 Å². The lowest BCUT2D eigenvalue weighted by Gasteiger charge is -1.98. The van der Waals surface area contributed by atoms with E-state index in [2.05, 4.69) is 4.74 Å². The lowest BCUT2D eigenvalue weighted by molar-refractivity contribution is -0.142. The van der Waals surface area contributed by atoms with E-state index in [0.717, 1.165) is 0 Å². The number of hydrogen-bond donors (Lipinski definition) is 0. The van der Waals surface area contributed by atoms with Crippen molar-refractivity contribution in [2.24, 2.45) is 5.89 Å². The molecule has 2 nitrogen and oxygen atoms in total. The molecule has 1 aliphatic rings. The molecule has 0 saturated heterocycles. The molecule has 0 N–H and O–H groups in total. The van der Waals surface area contributed by atoms with E-state index >= 15 is 0 Å². The van der Waals surface area contributed by atoms with Gasteiger partial charge in [0.2, 0.25) is 0 Å². The van der Waals surface area contributed by atoms with Crippen molar-refractivity contribution >= 4 is 5.97 Å². The lowest BCUT2D eigenvalue weighted by Crippen LogP contribution is -2.03. The first-order valence-electron chi connectivity index (χ1n) is 5.59. The number of benzene rings is 1. The van der Waals surface area contributed by atoms with E-state index in [4.69, 9.17) is 4.11 Å². The zero-order valence-electron chi connectivity index (χ0n) is 10.3. The zero-order chi connectivity index (χ0) is 12.0. The summed E-state index contributed by atoms with van der Waals surface area (Å²) in [6.45, 7) is 0. The summed E-state index contributed by atoms with van der Waals surface area (Å²) >= 11 is 0. The van der Waals surface area contributed by atoms with E-state index in [1.165, 1.54) is 7.11 Å². The molecule has 0 unspecified atom stereocenters. The highest BCUT2D eigenvalue weighted by molar-refractivity contribution is 5.77. The Kier molecular flexibility index (Phi) is 1.34. The van der Waals surface area contributed by atoms with Crippen molar-refractivity contribution in [3.05, 3.63) is 35.9 Å². The van der Waals surface area contributed by atoms with E-state index in [0.29, 0.717) is 5.56 Å². The summed E-state index contributed by atoms with van der Waals surface area (Å²) in [5.41, 5.74) is 0.660. The lowest BCUT2D eigenvalue weighted by atomic mass is 10.1. The molecule has 1 fully saturated rings. The highest BCUT2D eigenvalue weighted by Crippen LogP contribution is 2.47. The van der Waals surface area contributed by atoms with E-state index in [1.807, 2.05) is 6.07 Å². The van der Waals surface area contributed by atoms with Gasteiger partial charge in [0.1, 0.15) is 0 Å². The molecule has 68 valence electrons. The van der Waals surface area contributed by atoms with Gasteiger partial charge in [-0.2, -0.15) is 0 Å². The molecule has 1 aliphatic carbocycles. The SMILES string of the molecule is [2H]C1([2H])[C@H](c2ccccc2)[C@@]1([2H])C(=O)OC. The number of methoxy groups -OCH3 is 1. The second kappa shape index (κ2) is 3.21. The molecule has 2 rings (SSSR count). The maximum atomic E-state index is 11.4. The van der Waals surface area contributed by atoms with Crippen LogP contribution in [-0.4, -0.2) is 13.1 Å². The molecule has 2 heteroatoms. The van der Waals surface area contributed by atoms with Crippen LogP contribution in [0, 0.1) is 5.89 Å². The number of esters is 1. The summed E-state index contributed by atoms with van der Waals surface area (Å²) in [5.74, 6) is -3.36. The van der Waals surface area contributed by atoms with Gasteiger partial charge in [-0.05, 0) is 17.9 Å². The van der Waals surface area contributed by atoms with Gasteiger partial charge in [-0.3, -0.25) is 4.79 Å². The summed E-state index contributed by atoms with van der Waals surface area (Å²) in [5, 5.41) is 0. The van der Waals surface area contributed by atoms with E-state index < -0.39 is 24.2 Å². The fourth-order valence-corrected chi connectivity index (χ4v) is 1.30. The Balaban J connectivity index is 2.36. The summed E-state index contributed by atoms with van der Waals surface area (Å²) in [6.07, 6.45) is -1.86. The summed E-state index contributed by atoms with van der Waals surface area (Å²) in [7, 11) is 1.18. The fraction of sp³-hybridized carbons (Fsp3) is 0.364. The van der Waals surface area contributed by atoms with E-state index in [-0.39, 0.29) is 0 Å². The molecular formula is C11H12O2. The third-order valence-corrected chi connectivity index (χ3v) is 2.04. The Morgan fingerprint density at radius 2 is 2.31 bits per heavy atom. The van der Waals surface area contributed by atoms with Crippen molar-refractivity contribution in [3.63, 3.8) is 0 Å². The molecule has 1 saturated carbocycles. The summed E-state index contributed by atoms with van der Waals surface area (Å²) in [4.78, 5) is 11.4. The predicted octanol–water partition coefficient (Wildman–Crippen LogP) is 1.96. The van der Waals surface area contributed by atoms with Gasteiger partial charge in [0.25, 0.3) is 0 Å². The highest BCUT2D eigenvalue weighted by atomic mass is 16.5. The van der Waals surface area contributed by atoms with E-state index in [9.17, 15) is 4.79 Å². The van der Waals surface area contributed by atoms with Crippen LogP contribution < -0.4 is 0 Å². The van der Waals surface area contributed by atoms with Gasteiger partial charge in [-0.15, -0.1) is 0 Å². The van der Waals surface area contributed by atoms with Gasteiger partial charge >= 0.3 is 5.97 Å². The maximum Gasteiger partial charge on any atom is 0.309 e. The van der Waals surface area contributed by atoms with Crippen molar-refractivity contribution in [1.29, 1.82) is 0 Å². The predicted molar refractivity (Wildman–Crippen MR) is 49.3 cm³/mol. The largest absolute Gasteiger partial charge is 0.469 e. The van der Waals surface area contributed by atoms with Crippen LogP contribution in [0.4, 0.5) is 0 Å². The normalized spacial score (nSPS) is 38.2. The summed E-state index contributed by atoms with van der Waals surface area (Å²) in [6, 6.07) is 8.79. The zero-order valence-corrected chi connectivity index (χ0v) is 7.28. The fourth-order valence-electron chi connectivity index (χ4n) is 1.30. The minimum Gasteiger partial charge on any atom is -0.469 e. The van der Waals surface area contributed by atoms with Crippen molar-refractivity contribution in [2.75, 3.05) is 7.11 Å². The first kappa shape index (κ1) is 5.43. The Hall–Kier alpha value is -1.31. The number of carbonyl (C=O) groups is 1. The minimum atomic E-state index is -1.86. The molecule has 0 heterocycles. The van der Waals surface area contributed by atoms with Crippen LogP contribution in [-0.2, 0) is 9.53 Å². The number of hydrogen-bond acceptors (Lipinski definition) is 2. The average Bonchev–Trinajstić information content (AvgIpc) is 2.74. The standard InChI is InChI=1S/C11H12O2/c1-13-11(12)10-7-9(10)8-5-3-2-4-6-8/h2-6,9-10H,7H2,1H3/t9-,10+/m1/s1/i7D2,10D. The van der Waals surface area contributed by atoms with Crippen LogP contribution in [0.5, 0.6) is 0 Å². The maximum absolute atomic E-state index is 11.4. The Morgan fingerprint density at radius 3 is 2.92 bits per heavy atom. The molecule has 0 bridgehead atoms. The highest BCUT2D eigenvalue weighted by Gasteiger charge is 2.44. The minimum absolute atomic E-state index is 0.660. The Labute approximate surface area is 81.7 Å². The van der Waals surface area contributed by atoms with Gasteiger partial charge < -0.3 is 4.74 Å². The monoisotopic (exact) mass is 179 g/mol. The molecule has 2 atom stereocenters. The molecule has 0 radical (unpaired) electrons. The molecule has 13 heavy (non-hydrogen) atoms. The molecule has 0 aromatic heterocycles. The van der Waals surface area contributed by atoms with E-state index in [1.54, 1.807) is 24.3 Å². The van der Waals surface area contributed by atoms with Crippen molar-refractivity contribution in [3.8, 4) is 0 Å². The van der Waals surface area contributed by atoms with Crippen LogP contribution in [0.2, 0.25) is 0 Å². The topological polar surface area (TPSA) is 26.3 Å². The first-order chi connectivity index (χ1) is 7.46. The van der Waals surface area contributed by atoms with Crippen molar-refractivity contribution in [1.82, 2.24) is 0 Å². The Bertz CT molecular complexity index is 418. The third-order valence-electron chi connectivity index (χ3n) is 2.04. The van der Waals surface area contributed by atoms with Gasteiger partial charge in [-0.25, -0.2) is 0 Å². The van der Waals surface area contributed by atoms with Gasteiger partial charge in [0.15, 0.2) is 0 Å². The molecular weight excluding hydrogens is 164 g/mol. The number of carbonyl (C=O) groups excluding carboxylic acids is 1. The average molecular weight is 179 g/mol. The third kappa shape index (κ3) is 1.57. The quantitative estimate of drug-likeness (QED) is 0.649. The molecule has 0 spiro atoms. The molecule has 0 amide bonds. The first-order valence-corrected chi connectivity index (χ1v) is 4.09. The van der Waals surface area contributed by atoms with Crippen LogP contribution in [0.15, 0.2) is 30.3 Å². The number of rotatable bonds is 2. The van der Waals surface area contributed by atoms with Crippen molar-refractivity contribution in [2.45, 2.75) is 12.3 Å². The Morgan fingerprint density at radius 1 is 1.62 bits per heavy atom. The van der Waals surface area contributed by atoms with Crippen LogP contribution >= 0.6 is 0 Å². The second-order valence-electron chi connectivity index (χ2n) is 2.89. The van der Waals surface area contributed by atoms with Gasteiger partial charge in [-0.1, -0.05) is 30.3 Å². The van der Waals surface area contributed by atoms with Crippen LogP contribution in [0.1, 0.15) is 22.0 Å². The van der Waals surface area contributed by atoms with Gasteiger partial charge in [0.05, 0.1) is 13.0 Å².